The van der Waals surface area contributed by atoms with E-state index in [2.05, 4.69) is 25.4 Å². The first-order chi connectivity index (χ1) is 20.2. The smallest absolute Gasteiger partial charge is 0.251 e. The number of piperidine rings is 1. The Morgan fingerprint density at radius 3 is 2.52 bits per heavy atom. The van der Waals surface area contributed by atoms with Crippen LogP contribution in [0.1, 0.15) is 75.6 Å². The Hall–Kier alpha value is -3.40. The number of aromatic nitrogens is 2. The zero-order valence-corrected chi connectivity index (χ0v) is 25.5. The minimum absolute atomic E-state index is 0.0629. The number of nitrogens with one attached hydrogen (secondary N) is 2. The molecule has 226 valence electrons. The number of nitrogens with zero attached hydrogens (tertiary/aromatic N) is 5. The lowest BCUT2D eigenvalue weighted by molar-refractivity contribution is -0.125. The zero-order chi connectivity index (χ0) is 29.4. The van der Waals surface area contributed by atoms with Gasteiger partial charge in [0.2, 0.25) is 11.9 Å². The molecule has 3 fully saturated rings. The second-order valence-corrected chi connectivity index (χ2v) is 13.2. The molecular formula is C32H45N7O3. The van der Waals surface area contributed by atoms with Gasteiger partial charge in [0.25, 0.3) is 5.91 Å². The number of carbonyl (C=O) groups excluding carboxylic acids is 2. The number of anilines is 4. The lowest BCUT2D eigenvalue weighted by Gasteiger charge is -2.34. The van der Waals surface area contributed by atoms with Crippen LogP contribution in [0.3, 0.4) is 0 Å². The highest BCUT2D eigenvalue weighted by molar-refractivity contribution is 6.01. The van der Waals surface area contributed by atoms with Gasteiger partial charge in [-0.2, -0.15) is 4.98 Å². The van der Waals surface area contributed by atoms with Gasteiger partial charge in [0.15, 0.2) is 5.82 Å². The molecule has 2 aliphatic carbocycles. The predicted octanol–water partition coefficient (Wildman–Crippen LogP) is 4.58. The minimum atomic E-state index is -0.543. The molecule has 2 saturated carbocycles. The van der Waals surface area contributed by atoms with Crippen molar-refractivity contribution in [3.8, 4) is 5.75 Å². The largest absolute Gasteiger partial charge is 0.495 e. The Morgan fingerprint density at radius 2 is 1.83 bits per heavy atom. The van der Waals surface area contributed by atoms with Crippen LogP contribution in [0.25, 0.3) is 0 Å². The number of rotatable bonds is 8. The molecule has 2 aliphatic heterocycles. The molecule has 6 rings (SSSR count). The molecule has 3 heterocycles. The summed E-state index contributed by atoms with van der Waals surface area (Å²) >= 11 is 0. The summed E-state index contributed by atoms with van der Waals surface area (Å²) in [5.41, 5.74) is 1.42. The third-order valence-electron chi connectivity index (χ3n) is 9.44. The van der Waals surface area contributed by atoms with Crippen molar-refractivity contribution < 1.29 is 14.3 Å². The fourth-order valence-electron chi connectivity index (χ4n) is 6.77. The van der Waals surface area contributed by atoms with Gasteiger partial charge in [0, 0.05) is 50.9 Å². The third-order valence-corrected chi connectivity index (χ3v) is 9.44. The first-order valence-corrected chi connectivity index (χ1v) is 15.6. The molecule has 0 atom stereocenters. The fraction of sp³-hybridized carbons (Fsp3) is 0.625. The van der Waals surface area contributed by atoms with Gasteiger partial charge in [0.05, 0.1) is 24.4 Å². The van der Waals surface area contributed by atoms with Crippen LogP contribution in [0, 0.1) is 11.3 Å². The molecule has 10 heteroatoms. The van der Waals surface area contributed by atoms with Gasteiger partial charge in [-0.3, -0.25) is 9.59 Å². The molecule has 0 radical (unpaired) electrons. The summed E-state index contributed by atoms with van der Waals surface area (Å²) < 4.78 is 5.68. The quantitative estimate of drug-likeness (QED) is 0.472. The molecule has 0 spiro atoms. The standard InChI is InChI=1S/C32H45N7O3/c1-32(2)20-39(24-7-5-6-8-24)28-26(37(3)30(32)41)18-33-31(36-28)35-25-12-11-22(17-27(25)42-4)29(40)34-23-13-15-38(16-14-23)19-21-9-10-21/h11-12,17-18,21,23-24H,5-10,13-16,19-20H2,1-4H3,(H,34,40)(H,33,35,36). The molecule has 1 saturated heterocycles. The summed E-state index contributed by atoms with van der Waals surface area (Å²) in [6.07, 6.45) is 11.0. The van der Waals surface area contributed by atoms with Crippen molar-refractivity contribution in [2.45, 2.75) is 77.3 Å². The Balaban J connectivity index is 1.17. The first-order valence-electron chi connectivity index (χ1n) is 15.6. The molecule has 1 aromatic carbocycles. The Bertz CT molecular complexity index is 1310. The molecule has 4 aliphatic rings. The van der Waals surface area contributed by atoms with Gasteiger partial charge >= 0.3 is 0 Å². The fourth-order valence-corrected chi connectivity index (χ4v) is 6.77. The number of carbonyl (C=O) groups is 2. The van der Waals surface area contributed by atoms with Crippen LogP contribution < -0.4 is 25.2 Å². The number of hydrogen-bond donors (Lipinski definition) is 2. The average Bonchev–Trinajstić information content (AvgIpc) is 3.65. The maximum Gasteiger partial charge on any atom is 0.251 e. The van der Waals surface area contributed by atoms with Crippen molar-refractivity contribution in [1.82, 2.24) is 20.2 Å². The monoisotopic (exact) mass is 575 g/mol. The van der Waals surface area contributed by atoms with Crippen molar-refractivity contribution in [1.29, 1.82) is 0 Å². The summed E-state index contributed by atoms with van der Waals surface area (Å²) in [5.74, 6) is 2.62. The molecule has 0 unspecified atom stereocenters. The molecule has 2 aromatic rings. The number of ether oxygens (including phenoxy) is 1. The Labute approximate surface area is 249 Å². The van der Waals surface area contributed by atoms with Crippen LogP contribution in [0.5, 0.6) is 5.75 Å². The number of likely N-dealkylation sites (tertiary alicyclic amines) is 1. The average molecular weight is 576 g/mol. The van der Waals surface area contributed by atoms with E-state index in [0.717, 1.165) is 56.2 Å². The van der Waals surface area contributed by atoms with Crippen molar-refractivity contribution in [2.24, 2.45) is 11.3 Å². The number of hydrogen-bond acceptors (Lipinski definition) is 8. The molecule has 0 bridgehead atoms. The highest BCUT2D eigenvalue weighted by Crippen LogP contribution is 2.40. The third kappa shape index (κ3) is 6.04. The van der Waals surface area contributed by atoms with Gasteiger partial charge in [-0.1, -0.05) is 12.8 Å². The highest BCUT2D eigenvalue weighted by atomic mass is 16.5. The normalized spacial score (nSPS) is 21.7. The van der Waals surface area contributed by atoms with Crippen LogP contribution in [0.2, 0.25) is 0 Å². The maximum atomic E-state index is 13.3. The topological polar surface area (TPSA) is 103 Å². The van der Waals surface area contributed by atoms with Gasteiger partial charge in [-0.15, -0.1) is 0 Å². The molecule has 10 nitrogen and oxygen atoms in total. The molecule has 1 aromatic heterocycles. The van der Waals surface area contributed by atoms with Gasteiger partial charge in [0.1, 0.15) is 11.4 Å². The van der Waals surface area contributed by atoms with Crippen molar-refractivity contribution in [2.75, 3.05) is 55.5 Å². The van der Waals surface area contributed by atoms with Crippen molar-refractivity contribution in [3.05, 3.63) is 30.0 Å². The van der Waals surface area contributed by atoms with Crippen LogP contribution >= 0.6 is 0 Å². The van der Waals surface area contributed by atoms with E-state index in [1.807, 2.05) is 33.0 Å². The van der Waals surface area contributed by atoms with Crippen LogP contribution in [-0.2, 0) is 4.79 Å². The van der Waals surface area contributed by atoms with E-state index >= 15 is 0 Å². The lowest BCUT2D eigenvalue weighted by Crippen LogP contribution is -2.45. The first kappa shape index (κ1) is 28.7. The molecular weight excluding hydrogens is 530 g/mol. The van der Waals surface area contributed by atoms with Crippen molar-refractivity contribution in [3.63, 3.8) is 0 Å². The van der Waals surface area contributed by atoms with E-state index in [0.29, 0.717) is 35.5 Å². The number of fused-ring (bicyclic) bond motifs is 1. The van der Waals surface area contributed by atoms with Gasteiger partial charge < -0.3 is 30.1 Å². The van der Waals surface area contributed by atoms with Gasteiger partial charge in [-0.25, -0.2) is 4.98 Å². The lowest BCUT2D eigenvalue weighted by atomic mass is 9.91. The minimum Gasteiger partial charge on any atom is -0.495 e. The molecule has 2 amide bonds. The van der Waals surface area contributed by atoms with E-state index in [4.69, 9.17) is 9.72 Å². The molecule has 2 N–H and O–H groups in total. The molecule has 42 heavy (non-hydrogen) atoms. The summed E-state index contributed by atoms with van der Waals surface area (Å²) in [6, 6.07) is 5.97. The predicted molar refractivity (Wildman–Crippen MR) is 165 cm³/mol. The second kappa shape index (κ2) is 11.7. The van der Waals surface area contributed by atoms with Crippen LogP contribution in [-0.4, -0.2) is 79.1 Å². The summed E-state index contributed by atoms with van der Waals surface area (Å²) in [6.45, 7) is 7.94. The number of benzene rings is 1. The summed E-state index contributed by atoms with van der Waals surface area (Å²) in [5, 5.41) is 6.54. The maximum absolute atomic E-state index is 13.3. The Kier molecular flexibility index (Phi) is 8.00. The number of methoxy groups -OCH3 is 1. The van der Waals surface area contributed by atoms with E-state index in [1.54, 1.807) is 24.3 Å². The highest BCUT2D eigenvalue weighted by Gasteiger charge is 2.41. The SMILES string of the molecule is COc1cc(C(=O)NC2CCN(CC3CC3)CC2)ccc1Nc1ncc2c(n1)N(C1CCCC1)CC(C)(C)C(=O)N2C. The van der Waals surface area contributed by atoms with Crippen LogP contribution in [0.4, 0.5) is 23.1 Å². The summed E-state index contributed by atoms with van der Waals surface area (Å²) in [4.78, 5) is 42.5. The van der Waals surface area contributed by atoms with E-state index in [9.17, 15) is 9.59 Å². The number of amides is 2. The van der Waals surface area contributed by atoms with Crippen LogP contribution in [0.15, 0.2) is 24.4 Å². The van der Waals surface area contributed by atoms with Crippen molar-refractivity contribution >= 4 is 35.0 Å². The van der Waals surface area contributed by atoms with Gasteiger partial charge in [-0.05, 0) is 76.5 Å². The van der Waals surface area contributed by atoms with E-state index in [1.165, 1.54) is 32.2 Å². The zero-order valence-electron chi connectivity index (χ0n) is 25.5. The Morgan fingerprint density at radius 1 is 1.10 bits per heavy atom. The second-order valence-electron chi connectivity index (χ2n) is 13.2. The van der Waals surface area contributed by atoms with E-state index in [-0.39, 0.29) is 17.9 Å². The summed E-state index contributed by atoms with van der Waals surface area (Å²) in [7, 11) is 3.40. The van der Waals surface area contributed by atoms with E-state index < -0.39 is 5.41 Å².